The SMILES string of the molecule is C1=Cc2c(cc(-c3ccc(-c4c5ccccc5c(-c5cccc6ccccc56)c5ccccc45)c4ccccc34)c3ccccc23)CC1.c1ccc2c(-c3ccc(-c4c5ccccc5c(-c5cccc6ccccc56)c5ccccc45)c4ccccc34)cccc2c1.c1ccc2cc(-c3ccc(-c4c5ccccc5c(-c5cccc6ccccc56)c5ccccc45)c4ccccc34)ccc2c1. The minimum atomic E-state index is 1.08. The molecule has 0 unspecified atom stereocenters. The Bertz CT molecular complexity index is 9440. The molecule has 1 aliphatic rings. The van der Waals surface area contributed by atoms with Gasteiger partial charge in [0.1, 0.15) is 0 Å². The maximum atomic E-state index is 2.46. The molecule has 27 aromatic carbocycles. The molecule has 27 aromatic rings. The Morgan fingerprint density at radius 2 is 0.338 bits per heavy atom. The predicted molar refractivity (Wildman–Crippen MR) is 588 cm³/mol. The van der Waals surface area contributed by atoms with Crippen LogP contribution < -0.4 is 0 Å². The maximum absolute atomic E-state index is 2.46. The molecule has 0 nitrogen and oxygen atoms in total. The Balaban J connectivity index is 0.000000106. The number of fused-ring (bicyclic) bond motifs is 17. The molecule has 0 radical (unpaired) electrons. The lowest BCUT2D eigenvalue weighted by Gasteiger charge is -2.21. The smallest absolute Gasteiger partial charge is 0.00201 e. The van der Waals surface area contributed by atoms with Crippen molar-refractivity contribution in [2.24, 2.45) is 0 Å². The lowest BCUT2D eigenvalue weighted by molar-refractivity contribution is 0.990. The zero-order valence-electron chi connectivity index (χ0n) is 74.9. The fourth-order valence-corrected chi connectivity index (χ4v) is 23.1. The molecule has 0 N–H and O–H groups in total. The van der Waals surface area contributed by atoms with Gasteiger partial charge in [-0.1, -0.05) is 497 Å². The molecule has 0 saturated carbocycles. The third kappa shape index (κ3) is 13.3. The average molecular weight is 1720 g/mol. The number of hydrogen-bond acceptors (Lipinski definition) is 0. The average Bonchev–Trinajstić information content (AvgIpc) is 0.705. The van der Waals surface area contributed by atoms with Crippen LogP contribution in [0.1, 0.15) is 17.5 Å². The fourth-order valence-electron chi connectivity index (χ4n) is 23.1. The van der Waals surface area contributed by atoms with Crippen LogP contribution in [0, 0.1) is 0 Å². The zero-order valence-corrected chi connectivity index (χ0v) is 74.9. The van der Waals surface area contributed by atoms with Crippen molar-refractivity contribution in [2.45, 2.75) is 12.8 Å². The van der Waals surface area contributed by atoms with E-state index in [1.54, 1.807) is 0 Å². The van der Waals surface area contributed by atoms with Crippen LogP contribution in [0.5, 0.6) is 0 Å². The summed E-state index contributed by atoms with van der Waals surface area (Å²) in [7, 11) is 0. The lowest BCUT2D eigenvalue weighted by atomic mass is 9.82. The van der Waals surface area contributed by atoms with Gasteiger partial charge in [0.15, 0.2) is 0 Å². The summed E-state index contributed by atoms with van der Waals surface area (Å²) in [6.07, 6.45) is 6.82. The van der Waals surface area contributed by atoms with Crippen LogP contribution in [-0.2, 0) is 6.42 Å². The van der Waals surface area contributed by atoms with E-state index >= 15 is 0 Å². The standard InChI is InChI=1S/C48H32.2C44H28/c1-3-17-33-31(14-1)16-13-27-40(33)47-41-23-9-11-25-43(41)48(44-26-12-10-24-42(44)47)45-29-28-39(36-20-6-7-21-37(36)45)46-30-32-15-2-4-18-34(32)35-19-5-8-22-38(35)46;1-3-17-31-29(13-1)15-11-25-33(31)36-27-28-42(35-20-6-5-19-34(35)36)44-40-23-9-7-21-38(40)43(39-22-8-10-24-41(39)44)37-26-12-16-30-14-2-4-18-32(30)37;1-2-14-31-28-32(25-24-29(31)12-1)34-26-27-42(36-18-6-5-17-35(34)36)44-40-21-9-7-19-38(40)43(39-20-8-10-22-41(39)44)37-23-11-15-30-13-3-4-16-33(30)37/h1,3-14,16-30H,2,15H2;2*1-28H. The molecule has 136 heavy (non-hydrogen) atoms. The van der Waals surface area contributed by atoms with E-state index in [4.69, 9.17) is 0 Å². The van der Waals surface area contributed by atoms with Crippen molar-refractivity contribution in [2.75, 3.05) is 0 Å². The number of rotatable bonds is 9. The lowest BCUT2D eigenvalue weighted by Crippen LogP contribution is -1.98. The molecule has 0 aromatic heterocycles. The first-order valence-electron chi connectivity index (χ1n) is 47.6. The molecule has 0 atom stereocenters. The minimum Gasteiger partial charge on any atom is -0.0836 e. The topological polar surface area (TPSA) is 0 Å². The van der Waals surface area contributed by atoms with E-state index in [0.717, 1.165) is 12.8 Å². The molecule has 0 heterocycles. The second kappa shape index (κ2) is 33.4. The highest BCUT2D eigenvalue weighted by atomic mass is 14.3. The van der Waals surface area contributed by atoms with Crippen LogP contribution in [-0.4, -0.2) is 0 Å². The Hall–Kier alpha value is -17.4. The molecule has 28 rings (SSSR count). The molecule has 0 amide bonds. The van der Waals surface area contributed by atoms with Gasteiger partial charge >= 0.3 is 0 Å². The summed E-state index contributed by atoms with van der Waals surface area (Å²) in [4.78, 5) is 0. The third-order valence-corrected chi connectivity index (χ3v) is 29.0. The normalized spacial score (nSPS) is 12.0. The summed E-state index contributed by atoms with van der Waals surface area (Å²) in [5.41, 5.74) is 25.9. The minimum absolute atomic E-state index is 1.08. The Labute approximate surface area is 789 Å². The van der Waals surface area contributed by atoms with Crippen molar-refractivity contribution in [1.82, 2.24) is 0 Å². The van der Waals surface area contributed by atoms with Gasteiger partial charge in [-0.3, -0.25) is 0 Å². The van der Waals surface area contributed by atoms with Crippen LogP contribution >= 0.6 is 0 Å². The van der Waals surface area contributed by atoms with Crippen molar-refractivity contribution in [3.63, 3.8) is 0 Å². The number of allylic oxidation sites excluding steroid dienone is 1. The van der Waals surface area contributed by atoms with Crippen molar-refractivity contribution in [1.29, 1.82) is 0 Å². The summed E-state index contributed by atoms with van der Waals surface area (Å²) in [5.74, 6) is 0. The van der Waals surface area contributed by atoms with E-state index in [0.29, 0.717) is 0 Å². The van der Waals surface area contributed by atoms with Gasteiger partial charge in [0.2, 0.25) is 0 Å². The highest BCUT2D eigenvalue weighted by molar-refractivity contribution is 6.30. The first-order chi connectivity index (χ1) is 67.6. The van der Waals surface area contributed by atoms with E-state index in [1.165, 1.54) is 273 Å². The summed E-state index contributed by atoms with van der Waals surface area (Å²) in [6.45, 7) is 0. The summed E-state index contributed by atoms with van der Waals surface area (Å²) in [5, 5.41) is 38.4. The molecule has 0 bridgehead atoms. The molecule has 0 aliphatic heterocycles. The maximum Gasteiger partial charge on any atom is -0.00201 e. The zero-order chi connectivity index (χ0) is 89.7. The molecule has 1 aliphatic carbocycles. The van der Waals surface area contributed by atoms with Gasteiger partial charge in [-0.25, -0.2) is 0 Å². The van der Waals surface area contributed by atoms with Gasteiger partial charge in [-0.2, -0.15) is 0 Å². The molecular formula is C136H88. The number of benzene rings is 27. The molecule has 0 fully saturated rings. The third-order valence-electron chi connectivity index (χ3n) is 29.0. The predicted octanol–water partition coefficient (Wildman–Crippen LogP) is 38.3. The number of aryl methyl sites for hydroxylation is 1. The van der Waals surface area contributed by atoms with Crippen molar-refractivity contribution in [3.05, 3.63) is 515 Å². The Morgan fingerprint density at radius 1 is 0.125 bits per heavy atom. The Kier molecular flexibility index (Phi) is 19.6. The molecule has 632 valence electrons. The molecule has 0 saturated heterocycles. The van der Waals surface area contributed by atoms with E-state index in [2.05, 4.69) is 510 Å². The van der Waals surface area contributed by atoms with Gasteiger partial charge in [-0.05, 0) is 298 Å². The first-order valence-corrected chi connectivity index (χ1v) is 47.6. The van der Waals surface area contributed by atoms with Crippen LogP contribution in [0.4, 0.5) is 0 Å². The molecule has 0 heteroatoms. The van der Waals surface area contributed by atoms with Gasteiger partial charge < -0.3 is 0 Å². The van der Waals surface area contributed by atoms with E-state index in [9.17, 15) is 0 Å². The molecular weight excluding hydrogens is 1630 g/mol. The quantitative estimate of drug-likeness (QED) is 0.126. The summed E-state index contributed by atoms with van der Waals surface area (Å²) >= 11 is 0. The van der Waals surface area contributed by atoms with Gasteiger partial charge in [0.25, 0.3) is 0 Å². The van der Waals surface area contributed by atoms with Crippen LogP contribution in [0.15, 0.2) is 504 Å². The second-order valence-corrected chi connectivity index (χ2v) is 36.3. The summed E-state index contributed by atoms with van der Waals surface area (Å²) in [6, 6.07) is 183. The monoisotopic (exact) mass is 1720 g/mol. The van der Waals surface area contributed by atoms with Gasteiger partial charge in [0.05, 0.1) is 0 Å². The summed E-state index contributed by atoms with van der Waals surface area (Å²) < 4.78 is 0. The second-order valence-electron chi connectivity index (χ2n) is 36.3. The van der Waals surface area contributed by atoms with E-state index in [-0.39, 0.29) is 0 Å². The number of hydrogen-bond donors (Lipinski definition) is 0. The van der Waals surface area contributed by atoms with Gasteiger partial charge in [0, 0.05) is 0 Å². The van der Waals surface area contributed by atoms with E-state index in [1.807, 2.05) is 0 Å². The molecule has 0 spiro atoms. The van der Waals surface area contributed by atoms with Crippen LogP contribution in [0.25, 0.3) is 268 Å². The highest BCUT2D eigenvalue weighted by Gasteiger charge is 2.27. The van der Waals surface area contributed by atoms with E-state index < -0.39 is 0 Å². The van der Waals surface area contributed by atoms with Crippen molar-refractivity contribution in [3.8, 4) is 100 Å². The highest BCUT2D eigenvalue weighted by Crippen LogP contribution is 2.54. The van der Waals surface area contributed by atoms with Crippen molar-refractivity contribution >= 4 is 168 Å². The first kappa shape index (κ1) is 79.5. The van der Waals surface area contributed by atoms with Crippen LogP contribution in [0.2, 0.25) is 0 Å². The fraction of sp³-hybridized carbons (Fsp3) is 0.0147. The Morgan fingerprint density at radius 3 is 0.676 bits per heavy atom. The largest absolute Gasteiger partial charge is 0.0836 e. The van der Waals surface area contributed by atoms with Crippen LogP contribution in [0.3, 0.4) is 0 Å². The van der Waals surface area contributed by atoms with Gasteiger partial charge in [-0.15, -0.1) is 0 Å². The van der Waals surface area contributed by atoms with Crippen molar-refractivity contribution < 1.29 is 0 Å².